The minimum atomic E-state index is -0.482. The molecule has 0 heterocycles. The zero-order chi connectivity index (χ0) is 14.6. The zero-order valence-electron chi connectivity index (χ0n) is 12.5. The standard InChI is InChI=1S/C16H24N2O2/c1-16(2,3)20-15(19)18-14-10-6-9-13(11-14)17-12-7-4-5-8-12/h6,9-12,17H,4-5,7-8H2,1-3H3,(H,18,19). The van der Waals surface area contributed by atoms with Crippen LogP contribution < -0.4 is 10.6 Å². The second-order valence-corrected chi connectivity index (χ2v) is 6.33. The summed E-state index contributed by atoms with van der Waals surface area (Å²) in [5, 5.41) is 6.27. The molecule has 0 aromatic heterocycles. The third kappa shape index (κ3) is 4.76. The van der Waals surface area contributed by atoms with Gasteiger partial charge in [0.15, 0.2) is 0 Å². The summed E-state index contributed by atoms with van der Waals surface area (Å²) >= 11 is 0. The smallest absolute Gasteiger partial charge is 0.412 e. The Balaban J connectivity index is 1.93. The van der Waals surface area contributed by atoms with E-state index in [1.807, 2.05) is 45.0 Å². The molecule has 1 aromatic carbocycles. The molecule has 0 bridgehead atoms. The Labute approximate surface area is 120 Å². The molecule has 0 saturated heterocycles. The summed E-state index contributed by atoms with van der Waals surface area (Å²) in [7, 11) is 0. The summed E-state index contributed by atoms with van der Waals surface area (Å²) in [6, 6.07) is 8.33. The second kappa shape index (κ2) is 6.16. The quantitative estimate of drug-likeness (QED) is 0.861. The molecule has 1 aromatic rings. The Morgan fingerprint density at radius 2 is 1.85 bits per heavy atom. The number of anilines is 2. The number of rotatable bonds is 3. The minimum absolute atomic E-state index is 0.421. The molecule has 1 fully saturated rings. The van der Waals surface area contributed by atoms with E-state index in [4.69, 9.17) is 4.74 Å². The lowest BCUT2D eigenvalue weighted by Crippen LogP contribution is -2.27. The Morgan fingerprint density at radius 1 is 1.20 bits per heavy atom. The number of ether oxygens (including phenoxy) is 1. The topological polar surface area (TPSA) is 50.4 Å². The van der Waals surface area contributed by atoms with Crippen molar-refractivity contribution in [1.29, 1.82) is 0 Å². The van der Waals surface area contributed by atoms with E-state index < -0.39 is 11.7 Å². The highest BCUT2D eigenvalue weighted by Crippen LogP contribution is 2.24. The van der Waals surface area contributed by atoms with Crippen LogP contribution in [-0.2, 0) is 4.74 Å². The SMILES string of the molecule is CC(C)(C)OC(=O)Nc1cccc(NC2CCCC2)c1. The third-order valence-electron chi connectivity index (χ3n) is 3.23. The van der Waals surface area contributed by atoms with Gasteiger partial charge in [-0.15, -0.1) is 0 Å². The molecule has 2 rings (SSSR count). The average Bonchev–Trinajstić information content (AvgIpc) is 2.79. The number of hydrogen-bond acceptors (Lipinski definition) is 3. The predicted octanol–water partition coefficient (Wildman–Crippen LogP) is 4.39. The second-order valence-electron chi connectivity index (χ2n) is 6.33. The van der Waals surface area contributed by atoms with Crippen molar-refractivity contribution in [2.45, 2.75) is 58.1 Å². The van der Waals surface area contributed by atoms with Gasteiger partial charge in [0.1, 0.15) is 5.60 Å². The number of carbonyl (C=O) groups is 1. The van der Waals surface area contributed by atoms with Gasteiger partial charge in [0.2, 0.25) is 0 Å². The van der Waals surface area contributed by atoms with Crippen molar-refractivity contribution in [3.05, 3.63) is 24.3 Å². The molecule has 0 unspecified atom stereocenters. The molecular weight excluding hydrogens is 252 g/mol. The molecule has 1 aliphatic carbocycles. The first kappa shape index (κ1) is 14.7. The van der Waals surface area contributed by atoms with Gasteiger partial charge in [-0.1, -0.05) is 18.9 Å². The Morgan fingerprint density at radius 3 is 2.50 bits per heavy atom. The van der Waals surface area contributed by atoms with Gasteiger partial charge >= 0.3 is 6.09 Å². The highest BCUT2D eigenvalue weighted by molar-refractivity contribution is 5.85. The van der Waals surface area contributed by atoms with Gasteiger partial charge in [-0.2, -0.15) is 0 Å². The highest BCUT2D eigenvalue weighted by atomic mass is 16.6. The van der Waals surface area contributed by atoms with Gasteiger partial charge < -0.3 is 10.1 Å². The zero-order valence-corrected chi connectivity index (χ0v) is 12.5. The molecule has 1 amide bonds. The van der Waals surface area contributed by atoms with Crippen LogP contribution in [0, 0.1) is 0 Å². The fourth-order valence-electron chi connectivity index (χ4n) is 2.41. The number of hydrogen-bond donors (Lipinski definition) is 2. The van der Waals surface area contributed by atoms with E-state index in [2.05, 4.69) is 10.6 Å². The van der Waals surface area contributed by atoms with E-state index >= 15 is 0 Å². The minimum Gasteiger partial charge on any atom is -0.444 e. The van der Waals surface area contributed by atoms with Crippen molar-refractivity contribution in [3.63, 3.8) is 0 Å². The summed E-state index contributed by atoms with van der Waals surface area (Å²) in [5.41, 5.74) is 1.32. The Kier molecular flexibility index (Phi) is 4.53. The number of amides is 1. The monoisotopic (exact) mass is 276 g/mol. The van der Waals surface area contributed by atoms with Crippen LogP contribution in [0.3, 0.4) is 0 Å². The summed E-state index contributed by atoms with van der Waals surface area (Å²) < 4.78 is 5.24. The van der Waals surface area contributed by atoms with Crippen LogP contribution in [0.4, 0.5) is 16.2 Å². The summed E-state index contributed by atoms with van der Waals surface area (Å²) in [4.78, 5) is 11.7. The van der Waals surface area contributed by atoms with Crippen molar-refractivity contribution >= 4 is 17.5 Å². The lowest BCUT2D eigenvalue weighted by Gasteiger charge is -2.20. The Hall–Kier alpha value is -1.71. The van der Waals surface area contributed by atoms with Crippen molar-refractivity contribution < 1.29 is 9.53 Å². The Bertz CT molecular complexity index is 460. The van der Waals surface area contributed by atoms with E-state index in [0.29, 0.717) is 6.04 Å². The largest absolute Gasteiger partial charge is 0.444 e. The van der Waals surface area contributed by atoms with Crippen LogP contribution in [0.25, 0.3) is 0 Å². The lowest BCUT2D eigenvalue weighted by molar-refractivity contribution is 0.0636. The van der Waals surface area contributed by atoms with Gasteiger partial charge in [0.05, 0.1) is 0 Å². The van der Waals surface area contributed by atoms with Crippen LogP contribution in [0.1, 0.15) is 46.5 Å². The molecule has 1 saturated carbocycles. The van der Waals surface area contributed by atoms with Crippen LogP contribution in [0.2, 0.25) is 0 Å². The maximum absolute atomic E-state index is 11.7. The molecule has 0 spiro atoms. The molecule has 1 aliphatic rings. The van der Waals surface area contributed by atoms with Crippen LogP contribution in [-0.4, -0.2) is 17.7 Å². The summed E-state index contributed by atoms with van der Waals surface area (Å²) in [6.45, 7) is 5.56. The first-order valence-corrected chi connectivity index (χ1v) is 7.29. The first-order chi connectivity index (χ1) is 9.42. The fraction of sp³-hybridized carbons (Fsp3) is 0.562. The van der Waals surface area contributed by atoms with Crippen LogP contribution >= 0.6 is 0 Å². The van der Waals surface area contributed by atoms with E-state index in [0.717, 1.165) is 11.4 Å². The molecule has 0 atom stereocenters. The van der Waals surface area contributed by atoms with E-state index in [1.165, 1.54) is 25.7 Å². The first-order valence-electron chi connectivity index (χ1n) is 7.29. The molecule has 110 valence electrons. The van der Waals surface area contributed by atoms with Gasteiger partial charge in [-0.25, -0.2) is 4.79 Å². The maximum Gasteiger partial charge on any atom is 0.412 e. The number of carbonyl (C=O) groups excluding carboxylic acids is 1. The molecular formula is C16H24N2O2. The van der Waals surface area contributed by atoms with Crippen molar-refractivity contribution in [3.8, 4) is 0 Å². The van der Waals surface area contributed by atoms with Crippen molar-refractivity contribution in [2.24, 2.45) is 0 Å². The molecule has 0 aliphatic heterocycles. The summed E-state index contributed by atoms with van der Waals surface area (Å²) in [5.74, 6) is 0. The number of benzene rings is 1. The van der Waals surface area contributed by atoms with E-state index in [9.17, 15) is 4.79 Å². The van der Waals surface area contributed by atoms with Crippen molar-refractivity contribution in [1.82, 2.24) is 0 Å². The van der Waals surface area contributed by atoms with Gasteiger partial charge in [0.25, 0.3) is 0 Å². The van der Waals surface area contributed by atoms with Gasteiger partial charge in [0, 0.05) is 17.4 Å². The predicted molar refractivity (Wildman–Crippen MR) is 82.2 cm³/mol. The molecule has 4 heteroatoms. The lowest BCUT2D eigenvalue weighted by atomic mass is 10.2. The maximum atomic E-state index is 11.7. The average molecular weight is 276 g/mol. The van der Waals surface area contributed by atoms with Crippen molar-refractivity contribution in [2.75, 3.05) is 10.6 Å². The molecule has 4 nitrogen and oxygen atoms in total. The fourth-order valence-corrected chi connectivity index (χ4v) is 2.41. The molecule has 20 heavy (non-hydrogen) atoms. The van der Waals surface area contributed by atoms with E-state index in [1.54, 1.807) is 0 Å². The van der Waals surface area contributed by atoms with Gasteiger partial charge in [-0.3, -0.25) is 5.32 Å². The van der Waals surface area contributed by atoms with Crippen LogP contribution in [0.15, 0.2) is 24.3 Å². The van der Waals surface area contributed by atoms with Gasteiger partial charge in [-0.05, 0) is 51.8 Å². The highest BCUT2D eigenvalue weighted by Gasteiger charge is 2.17. The van der Waals surface area contributed by atoms with Crippen LogP contribution in [0.5, 0.6) is 0 Å². The summed E-state index contributed by atoms with van der Waals surface area (Å²) in [6.07, 6.45) is 4.63. The molecule has 2 N–H and O–H groups in total. The van der Waals surface area contributed by atoms with E-state index in [-0.39, 0.29) is 0 Å². The normalized spacial score (nSPS) is 15.9. The number of nitrogens with one attached hydrogen (secondary N) is 2. The molecule has 0 radical (unpaired) electrons. The third-order valence-corrected chi connectivity index (χ3v) is 3.23.